The molecule has 2 aliphatic heterocycles. The zero-order chi connectivity index (χ0) is 18.6. The molecule has 3 aliphatic rings. The second kappa shape index (κ2) is 10.1. The standard InChI is InChI=1S/C20H35N5O.HI/c1-4-21-19(25-14-9-17(15-25)24-12-7-8-13-24)22-16-20(10-5-6-11-20)18(26)23(2)3;/h7-8,17H,4-6,9-16H2,1-3H3,(H,21,22);1H. The van der Waals surface area contributed by atoms with Crippen molar-refractivity contribution in [2.75, 3.05) is 53.4 Å². The van der Waals surface area contributed by atoms with Crippen molar-refractivity contribution < 1.29 is 4.79 Å². The fraction of sp³-hybridized carbons (Fsp3) is 0.800. The lowest BCUT2D eigenvalue weighted by molar-refractivity contribution is -0.138. The molecule has 1 atom stereocenters. The summed E-state index contributed by atoms with van der Waals surface area (Å²) < 4.78 is 0. The molecule has 1 aliphatic carbocycles. The smallest absolute Gasteiger partial charge is 0.230 e. The Morgan fingerprint density at radius 1 is 1.26 bits per heavy atom. The van der Waals surface area contributed by atoms with Gasteiger partial charge in [0.05, 0.1) is 12.0 Å². The van der Waals surface area contributed by atoms with Gasteiger partial charge in [0.1, 0.15) is 0 Å². The van der Waals surface area contributed by atoms with Gasteiger partial charge in [-0.25, -0.2) is 0 Å². The van der Waals surface area contributed by atoms with Gasteiger partial charge in [-0.15, -0.1) is 24.0 Å². The third-order valence-corrected chi connectivity index (χ3v) is 6.11. The molecule has 2 heterocycles. The summed E-state index contributed by atoms with van der Waals surface area (Å²) in [4.78, 5) is 24.4. The number of nitrogens with zero attached hydrogens (tertiary/aromatic N) is 4. The van der Waals surface area contributed by atoms with Gasteiger partial charge < -0.3 is 15.1 Å². The maximum atomic E-state index is 12.8. The van der Waals surface area contributed by atoms with Crippen LogP contribution in [0.4, 0.5) is 0 Å². The Morgan fingerprint density at radius 3 is 2.52 bits per heavy atom. The molecule has 1 unspecified atom stereocenters. The van der Waals surface area contributed by atoms with Crippen molar-refractivity contribution in [1.82, 2.24) is 20.0 Å². The van der Waals surface area contributed by atoms with Crippen LogP contribution in [0.15, 0.2) is 17.1 Å². The van der Waals surface area contributed by atoms with E-state index in [0.29, 0.717) is 12.6 Å². The van der Waals surface area contributed by atoms with E-state index >= 15 is 0 Å². The van der Waals surface area contributed by atoms with E-state index in [9.17, 15) is 4.79 Å². The summed E-state index contributed by atoms with van der Waals surface area (Å²) in [6.45, 7) is 7.81. The number of guanidine groups is 1. The van der Waals surface area contributed by atoms with Crippen LogP contribution in [0, 0.1) is 5.41 Å². The van der Waals surface area contributed by atoms with Crippen LogP contribution in [0.3, 0.4) is 0 Å². The average Bonchev–Trinajstić information content (AvgIpc) is 3.39. The molecule has 2 fully saturated rings. The number of hydrogen-bond acceptors (Lipinski definition) is 3. The van der Waals surface area contributed by atoms with Crippen LogP contribution >= 0.6 is 24.0 Å². The zero-order valence-corrected chi connectivity index (χ0v) is 19.4. The highest BCUT2D eigenvalue weighted by Crippen LogP contribution is 2.39. The first-order valence-electron chi connectivity index (χ1n) is 10.2. The molecule has 0 aromatic heterocycles. The summed E-state index contributed by atoms with van der Waals surface area (Å²) in [6, 6.07) is 0.609. The summed E-state index contributed by atoms with van der Waals surface area (Å²) in [5.74, 6) is 1.23. The molecule has 0 spiro atoms. The molecule has 1 amide bonds. The highest BCUT2D eigenvalue weighted by atomic mass is 127. The third kappa shape index (κ3) is 5.16. The molecule has 0 radical (unpaired) electrons. The number of rotatable bonds is 5. The Balaban J connectivity index is 0.00000261. The maximum Gasteiger partial charge on any atom is 0.230 e. The molecule has 7 heteroatoms. The number of aliphatic imine (C=N–C) groups is 1. The Hall–Kier alpha value is -0.830. The number of carbonyl (C=O) groups is 1. The Labute approximate surface area is 181 Å². The summed E-state index contributed by atoms with van der Waals surface area (Å²) in [5, 5.41) is 3.46. The van der Waals surface area contributed by atoms with Crippen molar-refractivity contribution in [3.8, 4) is 0 Å². The molecule has 6 nitrogen and oxygen atoms in total. The van der Waals surface area contributed by atoms with Crippen LogP contribution in [0.2, 0.25) is 0 Å². The predicted octanol–water partition coefficient (Wildman–Crippen LogP) is 2.16. The number of hydrogen-bond donors (Lipinski definition) is 1. The fourth-order valence-corrected chi connectivity index (χ4v) is 4.64. The molecular formula is C20H36IN5O. The van der Waals surface area contributed by atoms with Crippen molar-refractivity contribution in [2.24, 2.45) is 10.4 Å². The van der Waals surface area contributed by atoms with E-state index in [0.717, 1.165) is 64.4 Å². The van der Waals surface area contributed by atoms with Gasteiger partial charge in [-0.2, -0.15) is 0 Å². The van der Waals surface area contributed by atoms with E-state index in [1.165, 1.54) is 6.42 Å². The highest BCUT2D eigenvalue weighted by molar-refractivity contribution is 14.0. The first-order chi connectivity index (χ1) is 12.6. The molecule has 0 aromatic carbocycles. The number of amides is 1. The molecule has 1 saturated heterocycles. The van der Waals surface area contributed by atoms with Crippen LogP contribution in [-0.2, 0) is 4.79 Å². The van der Waals surface area contributed by atoms with E-state index in [1.54, 1.807) is 4.90 Å². The topological polar surface area (TPSA) is 51.2 Å². The van der Waals surface area contributed by atoms with E-state index in [4.69, 9.17) is 4.99 Å². The lowest BCUT2D eigenvalue weighted by Crippen LogP contribution is -2.45. The van der Waals surface area contributed by atoms with E-state index in [-0.39, 0.29) is 35.3 Å². The second-order valence-electron chi connectivity index (χ2n) is 8.17. The minimum absolute atomic E-state index is 0. The maximum absolute atomic E-state index is 12.8. The van der Waals surface area contributed by atoms with Crippen LogP contribution in [0.1, 0.15) is 39.0 Å². The first-order valence-corrected chi connectivity index (χ1v) is 10.2. The van der Waals surface area contributed by atoms with Crippen molar-refractivity contribution in [1.29, 1.82) is 0 Å². The Kier molecular flexibility index (Phi) is 8.39. The SMILES string of the molecule is CCNC(=NCC1(C(=O)N(C)C)CCCC1)N1CCC(N2CC=CC2)C1.I. The minimum atomic E-state index is -0.290. The number of carbonyl (C=O) groups excluding carboxylic acids is 1. The van der Waals surface area contributed by atoms with Crippen LogP contribution in [0.5, 0.6) is 0 Å². The lowest BCUT2D eigenvalue weighted by Gasteiger charge is -2.30. The Bertz CT molecular complexity index is 549. The van der Waals surface area contributed by atoms with Gasteiger partial charge in [0.15, 0.2) is 5.96 Å². The van der Waals surface area contributed by atoms with Gasteiger partial charge in [-0.1, -0.05) is 25.0 Å². The highest BCUT2D eigenvalue weighted by Gasteiger charge is 2.42. The summed E-state index contributed by atoms with van der Waals surface area (Å²) in [5.41, 5.74) is -0.290. The molecule has 1 saturated carbocycles. The fourth-order valence-electron chi connectivity index (χ4n) is 4.64. The zero-order valence-electron chi connectivity index (χ0n) is 17.1. The monoisotopic (exact) mass is 489 g/mol. The van der Waals surface area contributed by atoms with Crippen LogP contribution in [0.25, 0.3) is 0 Å². The van der Waals surface area contributed by atoms with Gasteiger partial charge in [-0.05, 0) is 26.2 Å². The summed E-state index contributed by atoms with van der Waals surface area (Å²) in [6.07, 6.45) is 9.92. The van der Waals surface area contributed by atoms with Gasteiger partial charge in [-0.3, -0.25) is 14.7 Å². The van der Waals surface area contributed by atoms with Gasteiger partial charge in [0.2, 0.25) is 5.91 Å². The van der Waals surface area contributed by atoms with Crippen LogP contribution in [-0.4, -0.2) is 86.0 Å². The lowest BCUT2D eigenvalue weighted by atomic mass is 9.85. The quantitative estimate of drug-likeness (QED) is 0.279. The van der Waals surface area contributed by atoms with Gasteiger partial charge in [0.25, 0.3) is 0 Å². The predicted molar refractivity (Wildman–Crippen MR) is 122 cm³/mol. The normalized spacial score (nSPS) is 24.9. The Morgan fingerprint density at radius 2 is 1.93 bits per heavy atom. The number of halogens is 1. The molecule has 0 aromatic rings. The molecule has 154 valence electrons. The summed E-state index contributed by atoms with van der Waals surface area (Å²) >= 11 is 0. The number of nitrogens with one attached hydrogen (secondary N) is 1. The second-order valence-corrected chi connectivity index (χ2v) is 8.17. The summed E-state index contributed by atoms with van der Waals surface area (Å²) in [7, 11) is 3.74. The molecule has 0 bridgehead atoms. The van der Waals surface area contributed by atoms with Gasteiger partial charge in [0, 0.05) is 52.9 Å². The third-order valence-electron chi connectivity index (χ3n) is 6.11. The van der Waals surface area contributed by atoms with Crippen molar-refractivity contribution >= 4 is 35.8 Å². The van der Waals surface area contributed by atoms with Crippen molar-refractivity contribution in [3.63, 3.8) is 0 Å². The van der Waals surface area contributed by atoms with Gasteiger partial charge >= 0.3 is 0 Å². The van der Waals surface area contributed by atoms with E-state index < -0.39 is 0 Å². The first kappa shape index (κ1) is 22.5. The molecular weight excluding hydrogens is 453 g/mol. The van der Waals surface area contributed by atoms with E-state index in [1.807, 2.05) is 14.1 Å². The van der Waals surface area contributed by atoms with Crippen molar-refractivity contribution in [3.05, 3.63) is 12.2 Å². The largest absolute Gasteiger partial charge is 0.357 e. The van der Waals surface area contributed by atoms with Crippen LogP contribution < -0.4 is 5.32 Å². The molecule has 27 heavy (non-hydrogen) atoms. The van der Waals surface area contributed by atoms with E-state index in [2.05, 4.69) is 34.2 Å². The molecule has 3 rings (SSSR count). The number of likely N-dealkylation sites (tertiary alicyclic amines) is 1. The minimum Gasteiger partial charge on any atom is -0.357 e. The average molecular weight is 489 g/mol. The van der Waals surface area contributed by atoms with Crippen molar-refractivity contribution in [2.45, 2.75) is 45.1 Å². The molecule has 1 N–H and O–H groups in total.